The third-order valence-corrected chi connectivity index (χ3v) is 1.77. The molecular weight excluding hydrogens is 164 g/mol. The minimum Gasteiger partial charge on any atom is -0.349 e. The Labute approximate surface area is 78.2 Å². The second-order valence-corrected chi connectivity index (χ2v) is 2.81. The third kappa shape index (κ3) is 2.86. The fraction of sp³-hybridized carbons (Fsp3) is 0.300. The molecule has 13 heavy (non-hydrogen) atoms. The normalized spacial score (nSPS) is 12.2. The van der Waals surface area contributed by atoms with Crippen LogP contribution in [-0.2, 0) is 0 Å². The summed E-state index contributed by atoms with van der Waals surface area (Å²) in [6, 6.07) is 3.33. The predicted molar refractivity (Wildman–Crippen MR) is 51.1 cm³/mol. The van der Waals surface area contributed by atoms with Crippen molar-refractivity contribution in [1.82, 2.24) is 10.3 Å². The summed E-state index contributed by atoms with van der Waals surface area (Å²) in [7, 11) is 0. The first-order valence-corrected chi connectivity index (χ1v) is 4.28. The van der Waals surface area contributed by atoms with E-state index in [1.165, 1.54) is 0 Å². The monoisotopic (exact) mass is 177 g/mol. The number of pyridine rings is 1. The van der Waals surface area contributed by atoms with Crippen molar-refractivity contribution in [2.75, 3.05) is 0 Å². The highest BCUT2D eigenvalue weighted by molar-refractivity contribution is 5.94. The molecule has 0 aliphatic carbocycles. The van der Waals surface area contributed by atoms with Gasteiger partial charge in [-0.15, -0.1) is 0 Å². The van der Waals surface area contributed by atoms with E-state index in [1.54, 1.807) is 24.5 Å². The van der Waals surface area contributed by atoms with Gasteiger partial charge < -0.3 is 5.32 Å². The van der Waals surface area contributed by atoms with E-state index < -0.39 is 0 Å². The molecule has 1 radical (unpaired) electrons. The first kappa shape index (κ1) is 9.71. The zero-order valence-electron chi connectivity index (χ0n) is 7.66. The molecule has 1 rings (SSSR count). The molecule has 0 aromatic carbocycles. The van der Waals surface area contributed by atoms with E-state index in [2.05, 4.69) is 17.2 Å². The maximum Gasteiger partial charge on any atom is 0.251 e. The van der Waals surface area contributed by atoms with Crippen molar-refractivity contribution in [3.63, 3.8) is 0 Å². The van der Waals surface area contributed by atoms with Crippen molar-refractivity contribution in [3.05, 3.63) is 37.0 Å². The van der Waals surface area contributed by atoms with Crippen molar-refractivity contribution in [2.24, 2.45) is 0 Å². The van der Waals surface area contributed by atoms with E-state index in [-0.39, 0.29) is 11.9 Å². The van der Waals surface area contributed by atoms with Crippen molar-refractivity contribution in [1.29, 1.82) is 0 Å². The number of nitrogens with one attached hydrogen (secondary N) is 1. The van der Waals surface area contributed by atoms with Crippen LogP contribution in [0.3, 0.4) is 0 Å². The van der Waals surface area contributed by atoms with E-state index in [4.69, 9.17) is 0 Å². The van der Waals surface area contributed by atoms with E-state index in [9.17, 15) is 4.79 Å². The van der Waals surface area contributed by atoms with Crippen molar-refractivity contribution in [2.45, 2.75) is 19.4 Å². The number of aromatic nitrogens is 1. The van der Waals surface area contributed by atoms with Gasteiger partial charge in [0.25, 0.3) is 5.91 Å². The summed E-state index contributed by atoms with van der Waals surface area (Å²) in [6.07, 6.45) is 4.02. The minimum atomic E-state index is -0.0933. The lowest BCUT2D eigenvalue weighted by molar-refractivity contribution is 0.0943. The number of hydrogen-bond donors (Lipinski definition) is 1. The van der Waals surface area contributed by atoms with Crippen LogP contribution in [-0.4, -0.2) is 16.9 Å². The first-order valence-electron chi connectivity index (χ1n) is 4.28. The molecule has 0 bridgehead atoms. The summed E-state index contributed by atoms with van der Waals surface area (Å²) in [5, 5.41) is 2.77. The van der Waals surface area contributed by atoms with Crippen LogP contribution in [0.4, 0.5) is 0 Å². The molecule has 0 saturated carbocycles. The van der Waals surface area contributed by atoms with Crippen LogP contribution >= 0.6 is 0 Å². The molecule has 1 heterocycles. The topological polar surface area (TPSA) is 42.0 Å². The number of rotatable bonds is 3. The lowest BCUT2D eigenvalue weighted by Gasteiger charge is -2.10. The molecule has 1 aromatic rings. The molecule has 0 aliphatic rings. The molecule has 1 unspecified atom stereocenters. The molecular formula is C10H13N2O. The quantitative estimate of drug-likeness (QED) is 0.758. The fourth-order valence-electron chi connectivity index (χ4n) is 0.874. The van der Waals surface area contributed by atoms with Gasteiger partial charge in [0.1, 0.15) is 0 Å². The SMILES string of the molecule is [CH2]C(CC)NC(=O)c1ccncc1. The molecule has 0 spiro atoms. The number of carbonyl (C=O) groups is 1. The Hall–Kier alpha value is -1.38. The van der Waals surface area contributed by atoms with E-state index in [0.29, 0.717) is 5.56 Å². The fourth-order valence-corrected chi connectivity index (χ4v) is 0.874. The van der Waals surface area contributed by atoms with Crippen LogP contribution in [0.1, 0.15) is 23.7 Å². The van der Waals surface area contributed by atoms with Gasteiger partial charge in [-0.3, -0.25) is 9.78 Å². The Morgan fingerprint density at radius 1 is 1.62 bits per heavy atom. The Balaban J connectivity index is 2.59. The number of nitrogens with zero attached hydrogens (tertiary/aromatic N) is 1. The molecule has 3 nitrogen and oxygen atoms in total. The summed E-state index contributed by atoms with van der Waals surface area (Å²) in [6.45, 7) is 5.75. The Kier molecular flexibility index (Phi) is 3.43. The van der Waals surface area contributed by atoms with Crippen LogP contribution < -0.4 is 5.32 Å². The third-order valence-electron chi connectivity index (χ3n) is 1.77. The molecule has 69 valence electrons. The van der Waals surface area contributed by atoms with Crippen molar-refractivity contribution in [3.8, 4) is 0 Å². The van der Waals surface area contributed by atoms with Crippen LogP contribution in [0, 0.1) is 6.92 Å². The van der Waals surface area contributed by atoms with Gasteiger partial charge >= 0.3 is 0 Å². The summed E-state index contributed by atoms with van der Waals surface area (Å²) >= 11 is 0. The maximum absolute atomic E-state index is 11.4. The van der Waals surface area contributed by atoms with Gasteiger partial charge in [0.15, 0.2) is 0 Å². The van der Waals surface area contributed by atoms with Crippen molar-refractivity contribution < 1.29 is 4.79 Å². The van der Waals surface area contributed by atoms with Gasteiger partial charge in [0.2, 0.25) is 0 Å². The van der Waals surface area contributed by atoms with Crippen molar-refractivity contribution >= 4 is 5.91 Å². The predicted octanol–water partition coefficient (Wildman–Crippen LogP) is 1.42. The van der Waals surface area contributed by atoms with Crippen LogP contribution in [0.15, 0.2) is 24.5 Å². The first-order chi connectivity index (χ1) is 6.24. The molecule has 0 fully saturated rings. The number of carbonyl (C=O) groups excluding carboxylic acids is 1. The molecule has 1 amide bonds. The highest BCUT2D eigenvalue weighted by Gasteiger charge is 2.06. The van der Waals surface area contributed by atoms with Gasteiger partial charge in [-0.05, 0) is 25.5 Å². The molecule has 1 aromatic heterocycles. The zero-order valence-corrected chi connectivity index (χ0v) is 7.66. The Bertz CT molecular complexity index is 272. The highest BCUT2D eigenvalue weighted by atomic mass is 16.1. The van der Waals surface area contributed by atoms with Gasteiger partial charge in [-0.1, -0.05) is 6.92 Å². The summed E-state index contributed by atoms with van der Waals surface area (Å²) in [5.74, 6) is -0.0933. The van der Waals surface area contributed by atoms with Gasteiger partial charge in [0.05, 0.1) is 0 Å². The summed E-state index contributed by atoms with van der Waals surface area (Å²) in [5.41, 5.74) is 0.622. The van der Waals surface area contributed by atoms with Crippen LogP contribution in [0.5, 0.6) is 0 Å². The smallest absolute Gasteiger partial charge is 0.251 e. The Morgan fingerprint density at radius 3 is 2.77 bits per heavy atom. The average molecular weight is 177 g/mol. The largest absolute Gasteiger partial charge is 0.349 e. The lowest BCUT2D eigenvalue weighted by Crippen LogP contribution is -2.32. The minimum absolute atomic E-state index is 0.0272. The molecule has 1 atom stereocenters. The standard InChI is InChI=1S/C10H13N2O/c1-3-8(2)12-10(13)9-4-6-11-7-5-9/h4-8H,2-3H2,1H3,(H,12,13). The van der Waals surface area contributed by atoms with Crippen LogP contribution in [0.25, 0.3) is 0 Å². The Morgan fingerprint density at radius 2 is 2.23 bits per heavy atom. The van der Waals surface area contributed by atoms with Gasteiger partial charge in [-0.2, -0.15) is 0 Å². The molecule has 1 N–H and O–H groups in total. The van der Waals surface area contributed by atoms with Gasteiger partial charge in [0, 0.05) is 24.0 Å². The van der Waals surface area contributed by atoms with Gasteiger partial charge in [-0.25, -0.2) is 0 Å². The summed E-state index contributed by atoms with van der Waals surface area (Å²) < 4.78 is 0. The zero-order chi connectivity index (χ0) is 9.68. The van der Waals surface area contributed by atoms with E-state index >= 15 is 0 Å². The molecule has 0 saturated heterocycles. The summed E-state index contributed by atoms with van der Waals surface area (Å²) in [4.78, 5) is 15.3. The second-order valence-electron chi connectivity index (χ2n) is 2.81. The molecule has 0 aliphatic heterocycles. The van der Waals surface area contributed by atoms with Crippen LogP contribution in [0.2, 0.25) is 0 Å². The number of amides is 1. The second kappa shape index (κ2) is 4.60. The lowest BCUT2D eigenvalue weighted by atomic mass is 10.2. The highest BCUT2D eigenvalue weighted by Crippen LogP contribution is 1.97. The number of hydrogen-bond acceptors (Lipinski definition) is 2. The van der Waals surface area contributed by atoms with E-state index in [1.807, 2.05) is 6.92 Å². The maximum atomic E-state index is 11.4. The van der Waals surface area contributed by atoms with E-state index in [0.717, 1.165) is 6.42 Å². The molecule has 3 heteroatoms. The average Bonchev–Trinajstić information content (AvgIpc) is 2.19.